The molecular weight excluding hydrogens is 344 g/mol. The van der Waals surface area contributed by atoms with Crippen LogP contribution in [0.25, 0.3) is 0 Å². The van der Waals surface area contributed by atoms with E-state index in [0.717, 1.165) is 19.1 Å². The van der Waals surface area contributed by atoms with Crippen LogP contribution in [-0.4, -0.2) is 65.0 Å². The summed E-state index contributed by atoms with van der Waals surface area (Å²) in [5, 5.41) is 0. The SMILES string of the molecule is CN(Cc1ccccc1)C1CCCN(C2CCN(Cc3cccnc3)CC2)C1. The summed E-state index contributed by atoms with van der Waals surface area (Å²) in [4.78, 5) is 12.2. The van der Waals surface area contributed by atoms with Gasteiger partial charge in [0.25, 0.3) is 0 Å². The normalized spacial score (nSPS) is 22.6. The number of rotatable bonds is 6. The second kappa shape index (κ2) is 9.64. The van der Waals surface area contributed by atoms with Gasteiger partial charge in [0.2, 0.25) is 0 Å². The molecule has 0 bridgehead atoms. The van der Waals surface area contributed by atoms with E-state index in [-0.39, 0.29) is 0 Å². The standard InChI is InChI=1S/C24H34N4/c1-26(18-21-7-3-2-4-8-21)24-10-6-14-28(20-24)23-11-15-27(16-12-23)19-22-9-5-13-25-17-22/h2-5,7-9,13,17,23-24H,6,10-12,14-16,18-20H2,1H3. The van der Waals surface area contributed by atoms with Crippen molar-refractivity contribution in [1.29, 1.82) is 0 Å². The topological polar surface area (TPSA) is 22.6 Å². The number of hydrogen-bond donors (Lipinski definition) is 0. The molecule has 150 valence electrons. The van der Waals surface area contributed by atoms with Gasteiger partial charge in [0.15, 0.2) is 0 Å². The second-order valence-electron chi connectivity index (χ2n) is 8.56. The summed E-state index contributed by atoms with van der Waals surface area (Å²) in [6, 6.07) is 16.6. The van der Waals surface area contributed by atoms with E-state index in [2.05, 4.69) is 63.1 Å². The van der Waals surface area contributed by atoms with Gasteiger partial charge in [-0.3, -0.25) is 19.7 Å². The van der Waals surface area contributed by atoms with Crippen molar-refractivity contribution in [3.63, 3.8) is 0 Å². The number of aromatic nitrogens is 1. The number of pyridine rings is 1. The number of hydrogen-bond acceptors (Lipinski definition) is 4. The smallest absolute Gasteiger partial charge is 0.0312 e. The molecule has 0 N–H and O–H groups in total. The molecule has 0 saturated carbocycles. The van der Waals surface area contributed by atoms with Crippen LogP contribution in [0.3, 0.4) is 0 Å². The number of likely N-dealkylation sites (tertiary alicyclic amines) is 2. The highest BCUT2D eigenvalue weighted by atomic mass is 15.2. The predicted octanol–water partition coefficient (Wildman–Crippen LogP) is 3.64. The van der Waals surface area contributed by atoms with Crippen LogP contribution in [0.15, 0.2) is 54.9 Å². The van der Waals surface area contributed by atoms with Crippen molar-refractivity contribution in [2.24, 2.45) is 0 Å². The van der Waals surface area contributed by atoms with Crippen LogP contribution in [-0.2, 0) is 13.1 Å². The van der Waals surface area contributed by atoms with Crippen LogP contribution in [0.2, 0.25) is 0 Å². The van der Waals surface area contributed by atoms with E-state index in [0.29, 0.717) is 6.04 Å². The maximum absolute atomic E-state index is 4.25. The van der Waals surface area contributed by atoms with Gasteiger partial charge in [-0.2, -0.15) is 0 Å². The highest BCUT2D eigenvalue weighted by Crippen LogP contribution is 2.24. The molecule has 1 atom stereocenters. The van der Waals surface area contributed by atoms with Crippen LogP contribution in [0, 0.1) is 0 Å². The first kappa shape index (κ1) is 19.6. The Morgan fingerprint density at radius 2 is 1.75 bits per heavy atom. The molecule has 2 aliphatic rings. The second-order valence-corrected chi connectivity index (χ2v) is 8.56. The maximum atomic E-state index is 4.25. The van der Waals surface area contributed by atoms with E-state index < -0.39 is 0 Å². The molecule has 0 amide bonds. The first-order valence-corrected chi connectivity index (χ1v) is 10.9. The molecule has 4 heteroatoms. The third-order valence-corrected chi connectivity index (χ3v) is 6.53. The lowest BCUT2D eigenvalue weighted by Gasteiger charge is -2.44. The minimum Gasteiger partial charge on any atom is -0.299 e. The fourth-order valence-corrected chi connectivity index (χ4v) is 4.87. The van der Waals surface area contributed by atoms with Gasteiger partial charge < -0.3 is 0 Å². The van der Waals surface area contributed by atoms with E-state index in [1.165, 1.54) is 63.0 Å². The summed E-state index contributed by atoms with van der Waals surface area (Å²) >= 11 is 0. The summed E-state index contributed by atoms with van der Waals surface area (Å²) in [5.74, 6) is 0. The van der Waals surface area contributed by atoms with Crippen LogP contribution in [0.5, 0.6) is 0 Å². The predicted molar refractivity (Wildman–Crippen MR) is 115 cm³/mol. The van der Waals surface area contributed by atoms with E-state index in [1.54, 1.807) is 0 Å². The Labute approximate surface area is 170 Å². The molecule has 28 heavy (non-hydrogen) atoms. The van der Waals surface area contributed by atoms with E-state index >= 15 is 0 Å². The minimum atomic E-state index is 0.683. The van der Waals surface area contributed by atoms with E-state index in [1.807, 2.05) is 18.5 Å². The Balaban J connectivity index is 1.26. The third kappa shape index (κ3) is 5.19. The Bertz CT molecular complexity index is 697. The van der Waals surface area contributed by atoms with Crippen molar-refractivity contribution >= 4 is 0 Å². The zero-order valence-corrected chi connectivity index (χ0v) is 17.2. The van der Waals surface area contributed by atoms with Crippen molar-refractivity contribution < 1.29 is 0 Å². The molecule has 1 aromatic carbocycles. The molecule has 1 aromatic heterocycles. The van der Waals surface area contributed by atoms with Crippen molar-refractivity contribution in [2.75, 3.05) is 33.2 Å². The highest BCUT2D eigenvalue weighted by Gasteiger charge is 2.30. The molecular formula is C24H34N4. The number of piperidine rings is 2. The van der Waals surface area contributed by atoms with Gasteiger partial charge in [0.05, 0.1) is 0 Å². The summed E-state index contributed by atoms with van der Waals surface area (Å²) in [6.07, 6.45) is 9.13. The van der Waals surface area contributed by atoms with Gasteiger partial charge in [-0.15, -0.1) is 0 Å². The molecule has 2 fully saturated rings. The van der Waals surface area contributed by atoms with Crippen molar-refractivity contribution in [3.05, 3.63) is 66.0 Å². The molecule has 4 rings (SSSR count). The molecule has 3 heterocycles. The molecule has 0 spiro atoms. The average Bonchev–Trinajstić information content (AvgIpc) is 2.76. The Morgan fingerprint density at radius 3 is 2.50 bits per heavy atom. The first-order chi connectivity index (χ1) is 13.8. The molecule has 1 unspecified atom stereocenters. The monoisotopic (exact) mass is 378 g/mol. The van der Waals surface area contributed by atoms with Gasteiger partial charge in [-0.05, 0) is 69.6 Å². The van der Waals surface area contributed by atoms with Crippen LogP contribution >= 0.6 is 0 Å². The van der Waals surface area contributed by atoms with Gasteiger partial charge >= 0.3 is 0 Å². The quantitative estimate of drug-likeness (QED) is 0.765. The fraction of sp³-hybridized carbons (Fsp3) is 0.542. The zero-order valence-electron chi connectivity index (χ0n) is 17.2. The van der Waals surface area contributed by atoms with Crippen molar-refractivity contribution in [2.45, 2.75) is 50.9 Å². The number of benzene rings is 1. The Morgan fingerprint density at radius 1 is 0.964 bits per heavy atom. The highest BCUT2D eigenvalue weighted by molar-refractivity contribution is 5.14. The summed E-state index contributed by atoms with van der Waals surface area (Å²) in [5.41, 5.74) is 2.76. The number of nitrogens with zero attached hydrogens (tertiary/aromatic N) is 4. The maximum Gasteiger partial charge on any atom is 0.0312 e. The molecule has 4 nitrogen and oxygen atoms in total. The van der Waals surface area contributed by atoms with Crippen LogP contribution < -0.4 is 0 Å². The van der Waals surface area contributed by atoms with Gasteiger partial charge in [-0.1, -0.05) is 36.4 Å². The summed E-state index contributed by atoms with van der Waals surface area (Å²) in [7, 11) is 2.30. The lowest BCUT2D eigenvalue weighted by Crippen LogP contribution is -2.52. The Kier molecular flexibility index (Phi) is 6.73. The Hall–Kier alpha value is -1.75. The third-order valence-electron chi connectivity index (χ3n) is 6.53. The lowest BCUT2D eigenvalue weighted by molar-refractivity contribution is 0.0484. The largest absolute Gasteiger partial charge is 0.299 e. The zero-order chi connectivity index (χ0) is 19.2. The van der Waals surface area contributed by atoms with E-state index in [4.69, 9.17) is 0 Å². The lowest BCUT2D eigenvalue weighted by atomic mass is 9.97. The van der Waals surface area contributed by atoms with E-state index in [9.17, 15) is 0 Å². The van der Waals surface area contributed by atoms with Crippen LogP contribution in [0.1, 0.15) is 36.8 Å². The summed E-state index contributed by atoms with van der Waals surface area (Å²) in [6.45, 7) is 7.03. The van der Waals surface area contributed by atoms with Crippen molar-refractivity contribution in [1.82, 2.24) is 19.7 Å². The van der Waals surface area contributed by atoms with Crippen LogP contribution in [0.4, 0.5) is 0 Å². The summed E-state index contributed by atoms with van der Waals surface area (Å²) < 4.78 is 0. The molecule has 0 radical (unpaired) electrons. The van der Waals surface area contributed by atoms with Gasteiger partial charge in [-0.25, -0.2) is 0 Å². The molecule has 0 aliphatic carbocycles. The molecule has 2 saturated heterocycles. The first-order valence-electron chi connectivity index (χ1n) is 10.9. The molecule has 2 aromatic rings. The van der Waals surface area contributed by atoms with Crippen molar-refractivity contribution in [3.8, 4) is 0 Å². The van der Waals surface area contributed by atoms with Gasteiger partial charge in [0.1, 0.15) is 0 Å². The number of likely N-dealkylation sites (N-methyl/N-ethyl adjacent to an activating group) is 1. The average molecular weight is 379 g/mol. The molecule has 2 aliphatic heterocycles. The minimum absolute atomic E-state index is 0.683. The fourth-order valence-electron chi connectivity index (χ4n) is 4.87. The van der Waals surface area contributed by atoms with Gasteiger partial charge in [0, 0.05) is 44.1 Å².